The summed E-state index contributed by atoms with van der Waals surface area (Å²) in [5.74, 6) is 1.92. The first kappa shape index (κ1) is 9.56. The molecule has 78 valence electrons. The topological polar surface area (TPSA) is 29.9 Å². The van der Waals surface area contributed by atoms with Gasteiger partial charge in [0.05, 0.1) is 5.69 Å². The zero-order valence-electron chi connectivity index (χ0n) is 9.08. The van der Waals surface area contributed by atoms with Gasteiger partial charge in [-0.1, -0.05) is 13.3 Å². The molecule has 0 spiro atoms. The highest BCUT2D eigenvalue weighted by Crippen LogP contribution is 2.40. The van der Waals surface area contributed by atoms with Gasteiger partial charge in [-0.2, -0.15) is 5.10 Å². The molecular weight excluding hydrogens is 174 g/mol. The molecule has 0 saturated heterocycles. The van der Waals surface area contributed by atoms with Crippen molar-refractivity contribution >= 4 is 5.82 Å². The summed E-state index contributed by atoms with van der Waals surface area (Å²) in [7, 11) is 1.97. The van der Waals surface area contributed by atoms with Crippen molar-refractivity contribution < 1.29 is 0 Å². The second kappa shape index (κ2) is 4.03. The minimum Gasteiger partial charge on any atom is -0.373 e. The number of unbranched alkanes of at least 4 members (excludes halogenated alkanes) is 1. The zero-order chi connectivity index (χ0) is 9.97. The predicted molar refractivity (Wildman–Crippen MR) is 58.7 cm³/mol. The zero-order valence-corrected chi connectivity index (χ0v) is 9.08. The number of rotatable bonds is 5. The van der Waals surface area contributed by atoms with Gasteiger partial charge in [0.2, 0.25) is 0 Å². The van der Waals surface area contributed by atoms with E-state index in [0.29, 0.717) is 0 Å². The largest absolute Gasteiger partial charge is 0.373 e. The summed E-state index contributed by atoms with van der Waals surface area (Å²) in [6.45, 7) is 3.25. The quantitative estimate of drug-likeness (QED) is 0.779. The van der Waals surface area contributed by atoms with E-state index in [4.69, 9.17) is 0 Å². The van der Waals surface area contributed by atoms with Crippen LogP contribution in [-0.2, 0) is 6.54 Å². The monoisotopic (exact) mass is 193 g/mol. The van der Waals surface area contributed by atoms with Crippen LogP contribution in [0.2, 0.25) is 0 Å². The lowest BCUT2D eigenvalue weighted by Crippen LogP contribution is -2.04. The molecule has 0 amide bonds. The van der Waals surface area contributed by atoms with Gasteiger partial charge in [0.15, 0.2) is 0 Å². The van der Waals surface area contributed by atoms with Crippen molar-refractivity contribution in [1.82, 2.24) is 9.78 Å². The highest BCUT2D eigenvalue weighted by atomic mass is 15.3. The minimum atomic E-state index is 0.755. The van der Waals surface area contributed by atoms with Crippen LogP contribution in [0.4, 0.5) is 5.82 Å². The van der Waals surface area contributed by atoms with Crippen LogP contribution >= 0.6 is 0 Å². The first-order valence-electron chi connectivity index (χ1n) is 5.60. The van der Waals surface area contributed by atoms with Crippen LogP contribution < -0.4 is 5.32 Å². The van der Waals surface area contributed by atoms with Crippen molar-refractivity contribution in [2.45, 2.75) is 45.1 Å². The number of aryl methyl sites for hydroxylation is 1. The lowest BCUT2D eigenvalue weighted by atomic mass is 10.3. The standard InChI is InChI=1S/C11H19N3/c1-3-4-7-14-11(12-2)8-10(13-14)9-5-6-9/h8-9,12H,3-7H2,1-2H3. The highest BCUT2D eigenvalue weighted by molar-refractivity contribution is 5.38. The fourth-order valence-electron chi connectivity index (χ4n) is 1.69. The maximum absolute atomic E-state index is 4.63. The van der Waals surface area contributed by atoms with Crippen molar-refractivity contribution in [1.29, 1.82) is 0 Å². The Morgan fingerprint density at radius 3 is 2.93 bits per heavy atom. The van der Waals surface area contributed by atoms with E-state index in [0.717, 1.165) is 12.5 Å². The summed E-state index contributed by atoms with van der Waals surface area (Å²) in [4.78, 5) is 0. The van der Waals surface area contributed by atoms with Crippen LogP contribution in [0.15, 0.2) is 6.07 Å². The smallest absolute Gasteiger partial charge is 0.124 e. The molecule has 1 aromatic heterocycles. The van der Waals surface area contributed by atoms with Crippen LogP contribution in [-0.4, -0.2) is 16.8 Å². The highest BCUT2D eigenvalue weighted by Gasteiger charge is 2.26. The lowest BCUT2D eigenvalue weighted by Gasteiger charge is -2.04. The number of hydrogen-bond acceptors (Lipinski definition) is 2. The summed E-state index contributed by atoms with van der Waals surface area (Å²) < 4.78 is 2.11. The second-order valence-corrected chi connectivity index (χ2v) is 4.06. The average Bonchev–Trinajstić information content (AvgIpc) is 2.97. The molecule has 14 heavy (non-hydrogen) atoms. The van der Waals surface area contributed by atoms with Crippen LogP contribution in [0.5, 0.6) is 0 Å². The first-order chi connectivity index (χ1) is 6.85. The van der Waals surface area contributed by atoms with Crippen molar-refractivity contribution in [2.75, 3.05) is 12.4 Å². The minimum absolute atomic E-state index is 0.755. The summed E-state index contributed by atoms with van der Waals surface area (Å²) in [5.41, 5.74) is 1.28. The fraction of sp³-hybridized carbons (Fsp3) is 0.727. The van der Waals surface area contributed by atoms with Crippen LogP contribution in [0.1, 0.15) is 44.2 Å². The van der Waals surface area contributed by atoms with Crippen LogP contribution in [0, 0.1) is 0 Å². The summed E-state index contributed by atoms with van der Waals surface area (Å²) in [6.07, 6.45) is 5.09. The molecule has 1 N–H and O–H groups in total. The Kier molecular flexibility index (Phi) is 2.75. The Balaban J connectivity index is 2.10. The molecule has 1 aromatic rings. The molecule has 3 nitrogen and oxygen atoms in total. The Bertz CT molecular complexity index is 299. The van der Waals surface area contributed by atoms with E-state index in [-0.39, 0.29) is 0 Å². The number of hydrogen-bond donors (Lipinski definition) is 1. The van der Waals surface area contributed by atoms with Gasteiger partial charge in [-0.3, -0.25) is 0 Å². The molecule has 0 bridgehead atoms. The molecule has 3 heteroatoms. The van der Waals surface area contributed by atoms with E-state index in [2.05, 4.69) is 28.1 Å². The van der Waals surface area contributed by atoms with Gasteiger partial charge < -0.3 is 5.32 Å². The van der Waals surface area contributed by atoms with Gasteiger partial charge in [-0.15, -0.1) is 0 Å². The molecule has 0 aromatic carbocycles. The van der Waals surface area contributed by atoms with E-state index in [1.807, 2.05) is 7.05 Å². The van der Waals surface area contributed by atoms with Crippen molar-refractivity contribution in [3.05, 3.63) is 11.8 Å². The maximum Gasteiger partial charge on any atom is 0.124 e. The summed E-state index contributed by atoms with van der Waals surface area (Å²) >= 11 is 0. The average molecular weight is 193 g/mol. The van der Waals surface area contributed by atoms with E-state index in [1.165, 1.54) is 37.2 Å². The van der Waals surface area contributed by atoms with Gasteiger partial charge in [0.25, 0.3) is 0 Å². The molecule has 0 radical (unpaired) electrons. The van der Waals surface area contributed by atoms with Crippen LogP contribution in [0.3, 0.4) is 0 Å². The summed E-state index contributed by atoms with van der Waals surface area (Å²) in [5, 5.41) is 7.84. The number of aromatic nitrogens is 2. The van der Waals surface area contributed by atoms with Gasteiger partial charge in [-0.05, 0) is 19.3 Å². The third-order valence-electron chi connectivity index (χ3n) is 2.77. The second-order valence-electron chi connectivity index (χ2n) is 4.06. The summed E-state index contributed by atoms with van der Waals surface area (Å²) in [6, 6.07) is 2.20. The third kappa shape index (κ3) is 1.91. The van der Waals surface area contributed by atoms with E-state index in [1.54, 1.807) is 0 Å². The number of nitrogens with one attached hydrogen (secondary N) is 1. The van der Waals surface area contributed by atoms with E-state index >= 15 is 0 Å². The van der Waals surface area contributed by atoms with Gasteiger partial charge in [0.1, 0.15) is 5.82 Å². The van der Waals surface area contributed by atoms with Crippen LogP contribution in [0.25, 0.3) is 0 Å². The Labute approximate surface area is 85.5 Å². The number of nitrogens with zero attached hydrogens (tertiary/aromatic N) is 2. The lowest BCUT2D eigenvalue weighted by molar-refractivity contribution is 0.571. The van der Waals surface area contributed by atoms with E-state index in [9.17, 15) is 0 Å². The molecule has 1 aliphatic carbocycles. The Hall–Kier alpha value is -0.990. The molecule has 0 aliphatic heterocycles. The van der Waals surface area contributed by atoms with Gasteiger partial charge in [0, 0.05) is 25.6 Å². The molecule has 0 unspecified atom stereocenters. The fourth-order valence-corrected chi connectivity index (χ4v) is 1.69. The molecule has 2 rings (SSSR count). The molecule has 1 saturated carbocycles. The number of anilines is 1. The van der Waals surface area contributed by atoms with Crippen molar-refractivity contribution in [3.63, 3.8) is 0 Å². The van der Waals surface area contributed by atoms with E-state index < -0.39 is 0 Å². The predicted octanol–water partition coefficient (Wildman–Crippen LogP) is 2.60. The van der Waals surface area contributed by atoms with Gasteiger partial charge >= 0.3 is 0 Å². The van der Waals surface area contributed by atoms with Crippen molar-refractivity contribution in [3.8, 4) is 0 Å². The van der Waals surface area contributed by atoms with Gasteiger partial charge in [-0.25, -0.2) is 4.68 Å². The Morgan fingerprint density at radius 2 is 2.36 bits per heavy atom. The SMILES string of the molecule is CCCCn1nc(C2CC2)cc1NC. The normalized spacial score (nSPS) is 15.9. The third-order valence-corrected chi connectivity index (χ3v) is 2.77. The maximum atomic E-state index is 4.63. The first-order valence-corrected chi connectivity index (χ1v) is 5.60. The molecule has 1 aliphatic rings. The molecular formula is C11H19N3. The molecule has 0 atom stereocenters. The van der Waals surface area contributed by atoms with Crippen molar-refractivity contribution in [2.24, 2.45) is 0 Å². The molecule has 1 fully saturated rings. The molecule has 1 heterocycles. The Morgan fingerprint density at radius 1 is 1.57 bits per heavy atom.